The van der Waals surface area contributed by atoms with Crippen molar-refractivity contribution in [2.45, 2.75) is 33.0 Å². The second-order valence-corrected chi connectivity index (χ2v) is 4.70. The van der Waals surface area contributed by atoms with Gasteiger partial charge in [-0.3, -0.25) is 4.79 Å². The molecule has 0 saturated heterocycles. The zero-order chi connectivity index (χ0) is 14.1. The molecule has 0 atom stereocenters. The Bertz CT molecular complexity index is 454. The van der Waals surface area contributed by atoms with Crippen molar-refractivity contribution in [3.05, 3.63) is 53.8 Å². The minimum absolute atomic E-state index is 0.237. The molecule has 0 amide bonds. The summed E-state index contributed by atoms with van der Waals surface area (Å²) >= 11 is 0. The molecule has 0 unspecified atom stereocenters. The van der Waals surface area contributed by atoms with Crippen LogP contribution in [0.1, 0.15) is 26.3 Å². The Balaban J connectivity index is 2.42. The standard InChI is InChI=1S/C16H20O3/c1-14(17)18-12-8-7-11-16(2,3)19-13-15-9-5-4-6-10-15/h4-6,8-11H,12-13H2,1-3H3. The van der Waals surface area contributed by atoms with Crippen molar-refractivity contribution >= 4 is 5.97 Å². The Labute approximate surface area is 114 Å². The highest BCUT2D eigenvalue weighted by molar-refractivity contribution is 5.65. The van der Waals surface area contributed by atoms with Gasteiger partial charge in [0.25, 0.3) is 0 Å². The zero-order valence-corrected chi connectivity index (χ0v) is 11.7. The van der Waals surface area contributed by atoms with Gasteiger partial charge < -0.3 is 9.47 Å². The molecule has 1 rings (SSSR count). The van der Waals surface area contributed by atoms with Crippen LogP contribution in [0.2, 0.25) is 0 Å². The Morgan fingerprint density at radius 3 is 2.63 bits per heavy atom. The second-order valence-electron chi connectivity index (χ2n) is 4.70. The number of hydrogen-bond donors (Lipinski definition) is 0. The van der Waals surface area contributed by atoms with Gasteiger partial charge in [-0.2, -0.15) is 0 Å². The van der Waals surface area contributed by atoms with Crippen LogP contribution in [0.4, 0.5) is 0 Å². The van der Waals surface area contributed by atoms with Crippen LogP contribution in [0, 0.1) is 0 Å². The molecular formula is C16H20O3. The molecule has 3 nitrogen and oxygen atoms in total. The van der Waals surface area contributed by atoms with Crippen molar-refractivity contribution in [1.29, 1.82) is 0 Å². The van der Waals surface area contributed by atoms with E-state index in [1.54, 1.807) is 6.08 Å². The lowest BCUT2D eigenvalue weighted by Crippen LogP contribution is -2.20. The third kappa shape index (κ3) is 7.24. The van der Waals surface area contributed by atoms with Crippen molar-refractivity contribution in [3.8, 4) is 0 Å². The normalized spacial score (nSPS) is 10.5. The SMILES string of the molecule is CC(=O)OCC=C=CC(C)(C)OCc1ccccc1. The van der Waals surface area contributed by atoms with Crippen molar-refractivity contribution in [1.82, 2.24) is 0 Å². The maximum Gasteiger partial charge on any atom is 0.302 e. The molecule has 0 saturated carbocycles. The number of benzene rings is 1. The van der Waals surface area contributed by atoms with E-state index in [1.165, 1.54) is 6.92 Å². The van der Waals surface area contributed by atoms with E-state index in [9.17, 15) is 4.79 Å². The Kier molecular flexibility index (Phi) is 6.07. The molecule has 0 aliphatic carbocycles. The van der Waals surface area contributed by atoms with E-state index < -0.39 is 5.60 Å². The maximum absolute atomic E-state index is 10.6. The van der Waals surface area contributed by atoms with Crippen molar-refractivity contribution in [3.63, 3.8) is 0 Å². The smallest absolute Gasteiger partial charge is 0.302 e. The Hall–Kier alpha value is -1.83. The summed E-state index contributed by atoms with van der Waals surface area (Å²) in [5, 5.41) is 0. The Morgan fingerprint density at radius 2 is 2.00 bits per heavy atom. The fourth-order valence-electron chi connectivity index (χ4n) is 1.35. The average molecular weight is 260 g/mol. The lowest BCUT2D eigenvalue weighted by molar-refractivity contribution is -0.139. The summed E-state index contributed by atoms with van der Waals surface area (Å²) in [5.74, 6) is -0.294. The van der Waals surface area contributed by atoms with E-state index in [-0.39, 0.29) is 12.6 Å². The van der Waals surface area contributed by atoms with Crippen LogP contribution < -0.4 is 0 Å². The molecule has 0 spiro atoms. The molecular weight excluding hydrogens is 240 g/mol. The summed E-state index contributed by atoms with van der Waals surface area (Å²) < 4.78 is 10.6. The van der Waals surface area contributed by atoms with Crippen molar-refractivity contribution in [2.24, 2.45) is 0 Å². The molecule has 0 aliphatic heterocycles. The van der Waals surface area contributed by atoms with Crippen LogP contribution in [0.25, 0.3) is 0 Å². The predicted octanol–water partition coefficient (Wildman–Crippen LogP) is 3.26. The van der Waals surface area contributed by atoms with Crippen LogP contribution >= 0.6 is 0 Å². The molecule has 1 aromatic carbocycles. The van der Waals surface area contributed by atoms with Gasteiger partial charge >= 0.3 is 5.97 Å². The van der Waals surface area contributed by atoms with Gasteiger partial charge in [0.1, 0.15) is 6.61 Å². The first kappa shape index (κ1) is 15.2. The van der Waals surface area contributed by atoms with E-state index in [1.807, 2.05) is 50.3 Å². The first-order valence-corrected chi connectivity index (χ1v) is 6.23. The quantitative estimate of drug-likeness (QED) is 0.582. The second kappa shape index (κ2) is 7.57. The number of ether oxygens (including phenoxy) is 2. The van der Waals surface area contributed by atoms with Gasteiger partial charge in [-0.1, -0.05) is 30.3 Å². The molecule has 3 heteroatoms. The van der Waals surface area contributed by atoms with E-state index in [0.29, 0.717) is 6.61 Å². The molecule has 19 heavy (non-hydrogen) atoms. The number of hydrogen-bond acceptors (Lipinski definition) is 3. The van der Waals surface area contributed by atoms with Crippen molar-refractivity contribution < 1.29 is 14.3 Å². The molecule has 0 aliphatic rings. The third-order valence-electron chi connectivity index (χ3n) is 2.37. The van der Waals surface area contributed by atoms with Gasteiger partial charge in [0.15, 0.2) is 0 Å². The summed E-state index contributed by atoms with van der Waals surface area (Å²) in [5.41, 5.74) is 3.68. The monoisotopic (exact) mass is 260 g/mol. The summed E-state index contributed by atoms with van der Waals surface area (Å²) in [7, 11) is 0. The van der Waals surface area contributed by atoms with Crippen LogP contribution in [-0.2, 0) is 20.9 Å². The fraction of sp³-hybridized carbons (Fsp3) is 0.375. The minimum Gasteiger partial charge on any atom is -0.461 e. The summed E-state index contributed by atoms with van der Waals surface area (Å²) in [4.78, 5) is 10.6. The zero-order valence-electron chi connectivity index (χ0n) is 11.7. The molecule has 0 N–H and O–H groups in total. The number of carbonyl (C=O) groups is 1. The van der Waals surface area contributed by atoms with Crippen LogP contribution in [0.3, 0.4) is 0 Å². The van der Waals surface area contributed by atoms with E-state index in [2.05, 4.69) is 5.73 Å². The third-order valence-corrected chi connectivity index (χ3v) is 2.37. The van der Waals surface area contributed by atoms with Gasteiger partial charge in [0.05, 0.1) is 12.2 Å². The molecule has 0 heterocycles. The van der Waals surface area contributed by atoms with Crippen LogP contribution in [0.5, 0.6) is 0 Å². The minimum atomic E-state index is -0.414. The number of rotatable bonds is 6. The molecule has 0 radical (unpaired) electrons. The fourth-order valence-corrected chi connectivity index (χ4v) is 1.35. The van der Waals surface area contributed by atoms with E-state index in [4.69, 9.17) is 9.47 Å². The summed E-state index contributed by atoms with van der Waals surface area (Å²) in [6.45, 7) is 6.09. The summed E-state index contributed by atoms with van der Waals surface area (Å²) in [6, 6.07) is 10.0. The molecule has 1 aromatic rings. The molecule has 0 bridgehead atoms. The van der Waals surface area contributed by atoms with Crippen LogP contribution in [0.15, 0.2) is 48.2 Å². The first-order chi connectivity index (χ1) is 8.99. The highest BCUT2D eigenvalue weighted by atomic mass is 16.5. The number of carbonyl (C=O) groups excluding carboxylic acids is 1. The van der Waals surface area contributed by atoms with Gasteiger partial charge in [0.2, 0.25) is 0 Å². The number of esters is 1. The van der Waals surface area contributed by atoms with Crippen molar-refractivity contribution in [2.75, 3.05) is 6.61 Å². The lowest BCUT2D eigenvalue weighted by atomic mass is 10.1. The lowest BCUT2D eigenvalue weighted by Gasteiger charge is -2.20. The van der Waals surface area contributed by atoms with E-state index in [0.717, 1.165) is 5.56 Å². The van der Waals surface area contributed by atoms with Gasteiger partial charge in [-0.25, -0.2) is 0 Å². The largest absolute Gasteiger partial charge is 0.461 e. The first-order valence-electron chi connectivity index (χ1n) is 6.23. The van der Waals surface area contributed by atoms with Gasteiger partial charge in [-0.05, 0) is 31.6 Å². The topological polar surface area (TPSA) is 35.5 Å². The van der Waals surface area contributed by atoms with Gasteiger partial charge in [0, 0.05) is 6.92 Å². The predicted molar refractivity (Wildman–Crippen MR) is 74.6 cm³/mol. The van der Waals surface area contributed by atoms with Crippen LogP contribution in [-0.4, -0.2) is 18.2 Å². The summed E-state index contributed by atoms with van der Waals surface area (Å²) in [6.07, 6.45) is 3.48. The molecule has 0 fully saturated rings. The maximum atomic E-state index is 10.6. The highest BCUT2D eigenvalue weighted by Gasteiger charge is 2.13. The van der Waals surface area contributed by atoms with E-state index >= 15 is 0 Å². The molecule has 102 valence electrons. The van der Waals surface area contributed by atoms with Gasteiger partial charge in [-0.15, -0.1) is 5.73 Å². The highest BCUT2D eigenvalue weighted by Crippen LogP contribution is 2.13. The molecule has 0 aromatic heterocycles. The Morgan fingerprint density at radius 1 is 1.32 bits per heavy atom. The average Bonchev–Trinajstić information content (AvgIpc) is 2.37.